The minimum absolute atomic E-state index is 0.0571. The van der Waals surface area contributed by atoms with Crippen molar-refractivity contribution in [2.45, 2.75) is 44.1 Å². The Morgan fingerprint density at radius 2 is 1.65 bits per heavy atom. The van der Waals surface area contributed by atoms with Crippen LogP contribution in [0.5, 0.6) is 11.5 Å². The van der Waals surface area contributed by atoms with Crippen molar-refractivity contribution in [3.8, 4) is 11.5 Å². The number of aryl methyl sites for hydroxylation is 2. The molecule has 3 aromatic rings. The van der Waals surface area contributed by atoms with E-state index in [9.17, 15) is 19.5 Å². The Morgan fingerprint density at radius 3 is 2.23 bits per heavy atom. The molecule has 0 aliphatic carbocycles. The maximum atomic E-state index is 13.8. The molecule has 210 valence electrons. The predicted molar refractivity (Wildman–Crippen MR) is 156 cm³/mol. The number of ether oxygens (including phenoxy) is 2. The number of Topliss-reactive ketones (excluding diaryl/α,β-unsaturated/α-hetero) is 1. The van der Waals surface area contributed by atoms with E-state index in [0.717, 1.165) is 21.6 Å². The molecule has 1 aliphatic rings. The molecule has 0 bridgehead atoms. The van der Waals surface area contributed by atoms with E-state index in [4.69, 9.17) is 21.1 Å². The van der Waals surface area contributed by atoms with Crippen LogP contribution in [0.1, 0.15) is 46.8 Å². The van der Waals surface area contributed by atoms with Gasteiger partial charge in [-0.05, 0) is 81.0 Å². The summed E-state index contributed by atoms with van der Waals surface area (Å²) in [5, 5.41) is 9.98. The lowest BCUT2D eigenvalue weighted by molar-refractivity contribution is -0.152. The first kappa shape index (κ1) is 29.5. The van der Waals surface area contributed by atoms with Gasteiger partial charge in [0, 0.05) is 40.4 Å². The Kier molecular flexibility index (Phi) is 8.80. The first-order chi connectivity index (χ1) is 18.9. The number of aliphatic carboxylic acids is 1. The van der Waals surface area contributed by atoms with Gasteiger partial charge in [-0.15, -0.1) is 11.8 Å². The van der Waals surface area contributed by atoms with E-state index >= 15 is 0 Å². The van der Waals surface area contributed by atoms with Gasteiger partial charge in [0.2, 0.25) is 0 Å². The number of rotatable bonds is 8. The van der Waals surface area contributed by atoms with Gasteiger partial charge in [-0.1, -0.05) is 41.9 Å². The zero-order valence-electron chi connectivity index (χ0n) is 23.1. The molecule has 7 nitrogen and oxygen atoms in total. The molecule has 40 heavy (non-hydrogen) atoms. The number of halogens is 1. The first-order valence-corrected chi connectivity index (χ1v) is 14.4. The van der Waals surface area contributed by atoms with Crippen LogP contribution in [-0.2, 0) is 4.79 Å². The average Bonchev–Trinajstić information content (AvgIpc) is 3.36. The van der Waals surface area contributed by atoms with Gasteiger partial charge in [0.25, 0.3) is 0 Å². The minimum atomic E-state index is -1.41. The SMILES string of the molecule is CSc1ccc(C(=O)C2CN(C(=O)Oc3cccc(Cl)c3)CC2c2cc(C)c(OC(C)(C)C(=O)O)c(C)c2)cc1. The summed E-state index contributed by atoms with van der Waals surface area (Å²) in [6, 6.07) is 17.9. The van der Waals surface area contributed by atoms with Crippen molar-refractivity contribution in [1.82, 2.24) is 4.90 Å². The van der Waals surface area contributed by atoms with E-state index in [1.807, 2.05) is 56.5 Å². The summed E-state index contributed by atoms with van der Waals surface area (Å²) in [7, 11) is 0. The lowest BCUT2D eigenvalue weighted by Crippen LogP contribution is -2.38. The number of thioether (sulfide) groups is 1. The molecule has 9 heteroatoms. The fraction of sp³-hybridized carbons (Fsp3) is 0.323. The summed E-state index contributed by atoms with van der Waals surface area (Å²) in [4.78, 5) is 41.2. The van der Waals surface area contributed by atoms with Crippen molar-refractivity contribution < 1.29 is 29.0 Å². The molecule has 0 aromatic heterocycles. The largest absolute Gasteiger partial charge is 0.478 e. The van der Waals surface area contributed by atoms with E-state index < -0.39 is 23.6 Å². The smallest absolute Gasteiger partial charge is 0.415 e. The maximum Gasteiger partial charge on any atom is 0.415 e. The van der Waals surface area contributed by atoms with Crippen LogP contribution in [-0.4, -0.2) is 52.8 Å². The van der Waals surface area contributed by atoms with E-state index in [-0.39, 0.29) is 24.8 Å². The fourth-order valence-corrected chi connectivity index (χ4v) is 5.47. The Hall–Kier alpha value is -3.49. The average molecular weight is 582 g/mol. The molecule has 1 aliphatic heterocycles. The van der Waals surface area contributed by atoms with Gasteiger partial charge in [-0.2, -0.15) is 0 Å². The number of benzene rings is 3. The summed E-state index contributed by atoms with van der Waals surface area (Å²) in [5.74, 6) is -1.13. The molecule has 1 heterocycles. The maximum absolute atomic E-state index is 13.8. The first-order valence-electron chi connectivity index (χ1n) is 12.8. The van der Waals surface area contributed by atoms with Gasteiger partial charge in [-0.3, -0.25) is 4.79 Å². The Bertz CT molecular complexity index is 1410. The zero-order valence-corrected chi connectivity index (χ0v) is 24.6. The Balaban J connectivity index is 1.67. The number of hydrogen-bond acceptors (Lipinski definition) is 6. The van der Waals surface area contributed by atoms with Crippen LogP contribution < -0.4 is 9.47 Å². The normalized spacial score (nSPS) is 17.0. The summed E-state index contributed by atoms with van der Waals surface area (Å²) in [6.07, 6.45) is 1.42. The third kappa shape index (κ3) is 6.45. The van der Waals surface area contributed by atoms with Gasteiger partial charge < -0.3 is 19.5 Å². The number of carbonyl (C=O) groups is 3. The van der Waals surface area contributed by atoms with Crippen molar-refractivity contribution in [2.24, 2.45) is 5.92 Å². The topological polar surface area (TPSA) is 93.1 Å². The van der Waals surface area contributed by atoms with Crippen LogP contribution in [0.25, 0.3) is 0 Å². The molecule has 1 saturated heterocycles. The molecule has 2 unspecified atom stereocenters. The molecular formula is C31H32ClNO6S. The van der Waals surface area contributed by atoms with Crippen molar-refractivity contribution in [1.29, 1.82) is 0 Å². The Labute approximate surface area is 243 Å². The monoisotopic (exact) mass is 581 g/mol. The number of nitrogens with zero attached hydrogens (tertiary/aromatic N) is 1. The summed E-state index contributed by atoms with van der Waals surface area (Å²) >= 11 is 7.65. The second-order valence-corrected chi connectivity index (χ2v) is 11.8. The fourth-order valence-electron chi connectivity index (χ4n) is 4.88. The van der Waals surface area contributed by atoms with Gasteiger partial charge >= 0.3 is 12.1 Å². The number of hydrogen-bond donors (Lipinski definition) is 1. The van der Waals surface area contributed by atoms with E-state index in [0.29, 0.717) is 22.1 Å². The molecule has 1 amide bonds. The molecule has 3 aromatic carbocycles. The van der Waals surface area contributed by atoms with Crippen LogP contribution in [0.2, 0.25) is 5.02 Å². The number of likely N-dealkylation sites (tertiary alicyclic amines) is 1. The van der Waals surface area contributed by atoms with E-state index in [1.165, 1.54) is 13.8 Å². The van der Waals surface area contributed by atoms with Gasteiger partial charge in [0.1, 0.15) is 11.5 Å². The number of ketones is 1. The molecule has 4 rings (SSSR count). The zero-order chi connectivity index (χ0) is 29.2. The van der Waals surface area contributed by atoms with Crippen LogP contribution in [0.4, 0.5) is 4.79 Å². The van der Waals surface area contributed by atoms with E-state index in [1.54, 1.807) is 40.9 Å². The summed E-state index contributed by atoms with van der Waals surface area (Å²) in [5.41, 5.74) is 1.54. The number of carboxylic acids is 1. The van der Waals surface area contributed by atoms with Gasteiger partial charge in [0.15, 0.2) is 11.4 Å². The van der Waals surface area contributed by atoms with Crippen molar-refractivity contribution >= 4 is 41.2 Å². The summed E-state index contributed by atoms with van der Waals surface area (Å²) < 4.78 is 11.5. The van der Waals surface area contributed by atoms with Gasteiger partial charge in [-0.25, -0.2) is 9.59 Å². The lowest BCUT2D eigenvalue weighted by atomic mass is 9.82. The number of amides is 1. The van der Waals surface area contributed by atoms with E-state index in [2.05, 4.69) is 0 Å². The van der Waals surface area contributed by atoms with Crippen LogP contribution >= 0.6 is 23.4 Å². The summed E-state index contributed by atoms with van der Waals surface area (Å²) in [6.45, 7) is 7.16. The second kappa shape index (κ2) is 11.9. The highest BCUT2D eigenvalue weighted by molar-refractivity contribution is 7.98. The second-order valence-electron chi connectivity index (χ2n) is 10.4. The lowest BCUT2D eigenvalue weighted by Gasteiger charge is -2.26. The van der Waals surface area contributed by atoms with Crippen molar-refractivity contribution in [3.05, 3.63) is 87.9 Å². The van der Waals surface area contributed by atoms with Crippen molar-refractivity contribution in [2.75, 3.05) is 19.3 Å². The van der Waals surface area contributed by atoms with Crippen LogP contribution in [0.3, 0.4) is 0 Å². The molecule has 1 N–H and O–H groups in total. The Morgan fingerprint density at radius 1 is 1.00 bits per heavy atom. The molecule has 0 spiro atoms. The third-order valence-electron chi connectivity index (χ3n) is 7.07. The quantitative estimate of drug-likeness (QED) is 0.226. The third-order valence-corrected chi connectivity index (χ3v) is 8.05. The molecule has 0 radical (unpaired) electrons. The number of carbonyl (C=O) groups excluding carboxylic acids is 2. The highest BCUT2D eigenvalue weighted by Crippen LogP contribution is 2.39. The standard InChI is InChI=1S/C31H32ClNO6S/c1-18-13-21(14-19(2)28(18)39-31(3,4)29(35)36)25-16-33(30(37)38-23-8-6-7-22(32)15-23)17-26(25)27(34)20-9-11-24(40-5)12-10-20/h6-15,25-26H,16-17H2,1-5H3,(H,35,36). The molecule has 2 atom stereocenters. The molecule has 1 fully saturated rings. The highest BCUT2D eigenvalue weighted by atomic mass is 35.5. The number of carboxylic acid groups (broad SMARTS) is 1. The minimum Gasteiger partial charge on any atom is -0.478 e. The van der Waals surface area contributed by atoms with Gasteiger partial charge in [0.05, 0.1) is 0 Å². The van der Waals surface area contributed by atoms with Crippen molar-refractivity contribution in [3.63, 3.8) is 0 Å². The highest BCUT2D eigenvalue weighted by Gasteiger charge is 2.42. The van der Waals surface area contributed by atoms with Crippen LogP contribution in [0.15, 0.2) is 65.6 Å². The van der Waals surface area contributed by atoms with Crippen LogP contribution in [0, 0.1) is 19.8 Å². The molecular weight excluding hydrogens is 550 g/mol. The molecule has 0 saturated carbocycles. The predicted octanol–water partition coefficient (Wildman–Crippen LogP) is 7.02.